The van der Waals surface area contributed by atoms with Crippen LogP contribution in [-0.2, 0) is 24.2 Å². The molecule has 0 atom stereocenters. The van der Waals surface area contributed by atoms with E-state index in [2.05, 4.69) is 10.3 Å². The Hall–Kier alpha value is -2.47. The minimum Gasteiger partial charge on any atom is -0.496 e. The van der Waals surface area contributed by atoms with Crippen LogP contribution in [0.4, 0.5) is 0 Å². The standard InChI is InChI=1S/C22H28N4O2/c1-28-20-5-3-2-4-16(20)6-7-21(27)26-12-9-17(10-13-26)22-24-15-18-14-23-11-8-19(18)25-22/h2-5,15,17,23H,6-14H2,1H3. The van der Waals surface area contributed by atoms with Gasteiger partial charge in [-0.3, -0.25) is 4.79 Å². The number of fused-ring (bicyclic) bond motifs is 1. The SMILES string of the molecule is COc1ccccc1CCC(=O)N1CCC(c2ncc3c(n2)CCNC3)CC1. The first-order valence-electron chi connectivity index (χ1n) is 10.2. The van der Waals surface area contributed by atoms with Gasteiger partial charge in [0.15, 0.2) is 0 Å². The Morgan fingerprint density at radius 1 is 1.29 bits per heavy atom. The number of nitrogens with one attached hydrogen (secondary N) is 1. The maximum atomic E-state index is 12.7. The third-order valence-corrected chi connectivity index (χ3v) is 5.84. The van der Waals surface area contributed by atoms with Crippen molar-refractivity contribution in [2.75, 3.05) is 26.7 Å². The number of rotatable bonds is 5. The maximum Gasteiger partial charge on any atom is 0.222 e. The maximum absolute atomic E-state index is 12.7. The number of methoxy groups -OCH3 is 1. The van der Waals surface area contributed by atoms with Gasteiger partial charge >= 0.3 is 0 Å². The molecule has 4 rings (SSSR count). The van der Waals surface area contributed by atoms with E-state index in [4.69, 9.17) is 9.72 Å². The highest BCUT2D eigenvalue weighted by Gasteiger charge is 2.26. The lowest BCUT2D eigenvalue weighted by Gasteiger charge is -2.32. The minimum atomic E-state index is 0.224. The number of carbonyl (C=O) groups excluding carboxylic acids is 1. The molecule has 6 heteroatoms. The molecule has 6 nitrogen and oxygen atoms in total. The molecule has 0 spiro atoms. The first kappa shape index (κ1) is 18.9. The highest BCUT2D eigenvalue weighted by molar-refractivity contribution is 5.76. The second-order valence-corrected chi connectivity index (χ2v) is 7.59. The van der Waals surface area contributed by atoms with Crippen LogP contribution in [0.5, 0.6) is 5.75 Å². The molecule has 2 aromatic rings. The number of nitrogens with zero attached hydrogens (tertiary/aromatic N) is 3. The lowest BCUT2D eigenvalue weighted by atomic mass is 9.95. The Labute approximate surface area is 166 Å². The van der Waals surface area contributed by atoms with E-state index in [0.29, 0.717) is 18.8 Å². The van der Waals surface area contributed by atoms with E-state index in [1.807, 2.05) is 35.4 Å². The molecule has 1 N–H and O–H groups in total. The molecule has 1 aromatic carbocycles. The van der Waals surface area contributed by atoms with Crippen molar-refractivity contribution in [1.29, 1.82) is 0 Å². The second-order valence-electron chi connectivity index (χ2n) is 7.59. The molecule has 0 radical (unpaired) electrons. The van der Waals surface area contributed by atoms with Gasteiger partial charge in [-0.05, 0) is 30.9 Å². The summed E-state index contributed by atoms with van der Waals surface area (Å²) in [5, 5.41) is 3.36. The summed E-state index contributed by atoms with van der Waals surface area (Å²) in [7, 11) is 1.67. The Bertz CT molecular complexity index is 831. The van der Waals surface area contributed by atoms with Gasteiger partial charge in [0.25, 0.3) is 0 Å². The Morgan fingerprint density at radius 3 is 2.93 bits per heavy atom. The molecular weight excluding hydrogens is 352 g/mol. The lowest BCUT2D eigenvalue weighted by Crippen LogP contribution is -2.38. The molecule has 28 heavy (non-hydrogen) atoms. The molecule has 0 unspecified atom stereocenters. The van der Waals surface area contributed by atoms with E-state index < -0.39 is 0 Å². The van der Waals surface area contributed by atoms with Crippen molar-refractivity contribution in [3.63, 3.8) is 0 Å². The van der Waals surface area contributed by atoms with Crippen LogP contribution < -0.4 is 10.1 Å². The zero-order valence-electron chi connectivity index (χ0n) is 16.5. The van der Waals surface area contributed by atoms with E-state index in [1.54, 1.807) is 7.11 Å². The van der Waals surface area contributed by atoms with Crippen LogP contribution in [-0.4, -0.2) is 47.5 Å². The van der Waals surface area contributed by atoms with Gasteiger partial charge in [-0.25, -0.2) is 9.97 Å². The number of likely N-dealkylation sites (tertiary alicyclic amines) is 1. The summed E-state index contributed by atoms with van der Waals surface area (Å²) >= 11 is 0. The molecule has 148 valence electrons. The highest BCUT2D eigenvalue weighted by atomic mass is 16.5. The van der Waals surface area contributed by atoms with Gasteiger partial charge in [0.1, 0.15) is 11.6 Å². The van der Waals surface area contributed by atoms with Crippen LogP contribution in [0.15, 0.2) is 30.5 Å². The van der Waals surface area contributed by atoms with E-state index in [9.17, 15) is 4.79 Å². The van der Waals surface area contributed by atoms with Crippen molar-refractivity contribution < 1.29 is 9.53 Å². The number of carbonyl (C=O) groups is 1. The molecule has 2 aliphatic heterocycles. The Balaban J connectivity index is 1.30. The van der Waals surface area contributed by atoms with Gasteiger partial charge in [0.05, 0.1) is 7.11 Å². The molecule has 2 aliphatic rings. The van der Waals surface area contributed by atoms with Crippen LogP contribution in [0.25, 0.3) is 0 Å². The summed E-state index contributed by atoms with van der Waals surface area (Å²) < 4.78 is 5.38. The van der Waals surface area contributed by atoms with Crippen LogP contribution >= 0.6 is 0 Å². The van der Waals surface area contributed by atoms with Gasteiger partial charge in [0, 0.05) is 62.4 Å². The number of aromatic nitrogens is 2. The normalized spacial score (nSPS) is 17.2. The molecule has 1 amide bonds. The largest absolute Gasteiger partial charge is 0.496 e. The van der Waals surface area contributed by atoms with Crippen molar-refractivity contribution in [2.45, 2.75) is 44.6 Å². The molecule has 1 saturated heterocycles. The van der Waals surface area contributed by atoms with E-state index in [-0.39, 0.29) is 5.91 Å². The molecule has 0 aliphatic carbocycles. The van der Waals surface area contributed by atoms with Crippen LogP contribution in [0.3, 0.4) is 0 Å². The number of aryl methyl sites for hydroxylation is 1. The number of para-hydroxylation sites is 1. The minimum absolute atomic E-state index is 0.224. The topological polar surface area (TPSA) is 67.3 Å². The van der Waals surface area contributed by atoms with E-state index in [1.165, 1.54) is 11.3 Å². The third kappa shape index (κ3) is 4.17. The van der Waals surface area contributed by atoms with Crippen molar-refractivity contribution >= 4 is 5.91 Å². The first-order valence-corrected chi connectivity index (χ1v) is 10.2. The van der Waals surface area contributed by atoms with E-state index >= 15 is 0 Å². The Kier molecular flexibility index (Phi) is 5.86. The number of benzene rings is 1. The molecule has 1 aromatic heterocycles. The van der Waals surface area contributed by atoms with Gasteiger partial charge in [0.2, 0.25) is 5.91 Å². The fraction of sp³-hybridized carbons (Fsp3) is 0.500. The first-order chi connectivity index (χ1) is 13.7. The van der Waals surface area contributed by atoms with Crippen molar-refractivity contribution in [3.05, 3.63) is 53.1 Å². The van der Waals surface area contributed by atoms with Gasteiger partial charge in [-0.2, -0.15) is 0 Å². The summed E-state index contributed by atoms with van der Waals surface area (Å²) in [5.41, 5.74) is 3.50. The second kappa shape index (κ2) is 8.69. The van der Waals surface area contributed by atoms with Crippen molar-refractivity contribution in [1.82, 2.24) is 20.2 Å². The molecular formula is C22H28N4O2. The number of hydrogen-bond acceptors (Lipinski definition) is 5. The monoisotopic (exact) mass is 380 g/mol. The zero-order valence-corrected chi connectivity index (χ0v) is 16.5. The predicted octanol–water partition coefficient (Wildman–Crippen LogP) is 2.47. The van der Waals surface area contributed by atoms with Gasteiger partial charge in [-0.1, -0.05) is 18.2 Å². The fourth-order valence-electron chi connectivity index (χ4n) is 4.14. The lowest BCUT2D eigenvalue weighted by molar-refractivity contribution is -0.132. The average Bonchev–Trinajstić information content (AvgIpc) is 2.77. The number of piperidine rings is 1. The molecule has 1 fully saturated rings. The van der Waals surface area contributed by atoms with E-state index in [0.717, 1.165) is 62.6 Å². The molecule has 0 saturated carbocycles. The smallest absolute Gasteiger partial charge is 0.222 e. The van der Waals surface area contributed by atoms with Crippen molar-refractivity contribution in [2.24, 2.45) is 0 Å². The Morgan fingerprint density at radius 2 is 2.11 bits per heavy atom. The third-order valence-electron chi connectivity index (χ3n) is 5.84. The average molecular weight is 380 g/mol. The number of amides is 1. The zero-order chi connectivity index (χ0) is 19.3. The summed E-state index contributed by atoms with van der Waals surface area (Å²) in [5.74, 6) is 2.40. The van der Waals surface area contributed by atoms with Crippen LogP contribution in [0.2, 0.25) is 0 Å². The van der Waals surface area contributed by atoms with Crippen LogP contribution in [0.1, 0.15) is 47.8 Å². The number of ether oxygens (including phenoxy) is 1. The highest BCUT2D eigenvalue weighted by Crippen LogP contribution is 2.27. The summed E-state index contributed by atoms with van der Waals surface area (Å²) in [6.07, 6.45) is 6.08. The van der Waals surface area contributed by atoms with Gasteiger partial charge in [-0.15, -0.1) is 0 Å². The van der Waals surface area contributed by atoms with Crippen molar-refractivity contribution in [3.8, 4) is 5.75 Å². The fourth-order valence-corrected chi connectivity index (χ4v) is 4.14. The summed E-state index contributed by atoms with van der Waals surface area (Å²) in [4.78, 5) is 24.1. The van der Waals surface area contributed by atoms with Gasteiger partial charge < -0.3 is 15.0 Å². The molecule has 3 heterocycles. The summed E-state index contributed by atoms with van der Waals surface area (Å²) in [6, 6.07) is 7.91. The van der Waals surface area contributed by atoms with Crippen LogP contribution in [0, 0.1) is 0 Å². The molecule has 0 bridgehead atoms. The summed E-state index contributed by atoms with van der Waals surface area (Å²) in [6.45, 7) is 3.44. The quantitative estimate of drug-likeness (QED) is 0.863. The predicted molar refractivity (Wildman–Crippen MR) is 107 cm³/mol. The number of hydrogen-bond donors (Lipinski definition) is 1.